The van der Waals surface area contributed by atoms with Crippen LogP contribution in [0.4, 0.5) is 4.39 Å². The number of ether oxygens (including phenoxy) is 2. The van der Waals surface area contributed by atoms with Crippen LogP contribution in [0.3, 0.4) is 0 Å². The van der Waals surface area contributed by atoms with Crippen molar-refractivity contribution in [1.29, 1.82) is 0 Å². The molecule has 0 bridgehead atoms. The van der Waals surface area contributed by atoms with E-state index in [-0.39, 0.29) is 0 Å². The average molecular weight is 182 g/mol. The number of esters is 1. The quantitative estimate of drug-likeness (QED) is 0.575. The highest BCUT2D eigenvalue weighted by Crippen LogP contribution is 2.28. The second-order valence-electron chi connectivity index (χ2n) is 2.73. The summed E-state index contributed by atoms with van der Waals surface area (Å²) in [7, 11) is 0. The summed E-state index contributed by atoms with van der Waals surface area (Å²) in [4.78, 5) is 11.0. The Morgan fingerprint density at radius 2 is 2.23 bits per heavy atom. The maximum Gasteiger partial charge on any atom is 0.325 e. The average Bonchev–Trinajstić information content (AvgIpc) is 2.48. The van der Waals surface area contributed by atoms with Gasteiger partial charge in [0, 0.05) is 0 Å². The van der Waals surface area contributed by atoms with Crippen molar-refractivity contribution in [3.8, 4) is 0 Å². The molecule has 13 heavy (non-hydrogen) atoms. The van der Waals surface area contributed by atoms with E-state index in [1.807, 2.05) is 0 Å². The third kappa shape index (κ3) is 1.35. The molecule has 0 aliphatic carbocycles. The van der Waals surface area contributed by atoms with Crippen LogP contribution in [0.1, 0.15) is 0 Å². The molecule has 0 spiro atoms. The molecule has 0 aromatic carbocycles. The third-order valence-corrected chi connectivity index (χ3v) is 1.89. The minimum atomic E-state index is -0.943. The number of halogens is 1. The van der Waals surface area contributed by atoms with E-state index in [1.165, 1.54) is 6.26 Å². The fourth-order valence-electron chi connectivity index (χ4n) is 1.25. The van der Waals surface area contributed by atoms with Gasteiger partial charge in [-0.25, -0.2) is 4.39 Å². The second-order valence-corrected chi connectivity index (χ2v) is 2.73. The lowest BCUT2D eigenvalue weighted by atomic mass is 10.0. The molecule has 2 unspecified atom stereocenters. The summed E-state index contributed by atoms with van der Waals surface area (Å²) in [6.07, 6.45) is 6.64. The van der Waals surface area contributed by atoms with Crippen molar-refractivity contribution in [3.63, 3.8) is 0 Å². The van der Waals surface area contributed by atoms with E-state index in [1.54, 1.807) is 18.2 Å². The zero-order valence-electron chi connectivity index (χ0n) is 6.64. The van der Waals surface area contributed by atoms with Crippen molar-refractivity contribution < 1.29 is 18.7 Å². The molecule has 0 aromatic rings. The lowest BCUT2D eigenvalue weighted by molar-refractivity contribution is -0.141. The topological polar surface area (TPSA) is 35.5 Å². The van der Waals surface area contributed by atoms with Crippen LogP contribution in [0.15, 0.2) is 36.6 Å². The number of carbonyl (C=O) groups excluding carboxylic acids is 1. The van der Waals surface area contributed by atoms with Gasteiger partial charge >= 0.3 is 5.97 Å². The summed E-state index contributed by atoms with van der Waals surface area (Å²) < 4.78 is 22.5. The summed E-state index contributed by atoms with van der Waals surface area (Å²) in [5, 5.41) is 0. The Morgan fingerprint density at radius 1 is 1.38 bits per heavy atom. The molecule has 0 fully saturated rings. The van der Waals surface area contributed by atoms with Crippen LogP contribution in [-0.2, 0) is 14.3 Å². The largest absolute Gasteiger partial charge is 0.493 e. The van der Waals surface area contributed by atoms with Gasteiger partial charge in [0.2, 0.25) is 0 Å². The highest BCUT2D eigenvalue weighted by molar-refractivity contribution is 5.79. The van der Waals surface area contributed by atoms with Gasteiger partial charge < -0.3 is 9.47 Å². The molecule has 0 amide bonds. The Morgan fingerprint density at radius 3 is 2.77 bits per heavy atom. The molecule has 0 N–H and O–H groups in total. The summed E-state index contributed by atoms with van der Waals surface area (Å²) in [6, 6.07) is 0. The molecule has 0 saturated heterocycles. The number of carbonyl (C=O) groups is 1. The third-order valence-electron chi connectivity index (χ3n) is 1.89. The molecule has 2 atom stereocenters. The van der Waals surface area contributed by atoms with Gasteiger partial charge in [-0.15, -0.1) is 0 Å². The minimum Gasteiger partial charge on any atom is -0.493 e. The van der Waals surface area contributed by atoms with Gasteiger partial charge in [-0.3, -0.25) is 4.79 Å². The second kappa shape index (κ2) is 3.05. The maximum atomic E-state index is 13.0. The molecular formula is C9H7FO3. The van der Waals surface area contributed by atoms with Crippen LogP contribution in [-0.4, -0.2) is 12.1 Å². The van der Waals surface area contributed by atoms with E-state index in [2.05, 4.69) is 4.74 Å². The lowest BCUT2D eigenvalue weighted by Gasteiger charge is -2.18. The lowest BCUT2D eigenvalue weighted by Crippen LogP contribution is -2.26. The molecule has 2 aliphatic rings. The number of hydrogen-bond donors (Lipinski definition) is 0. The number of allylic oxidation sites excluding steroid dienone is 2. The van der Waals surface area contributed by atoms with Crippen LogP contribution in [0.5, 0.6) is 0 Å². The van der Waals surface area contributed by atoms with E-state index in [4.69, 9.17) is 4.74 Å². The monoisotopic (exact) mass is 182 g/mol. The Kier molecular flexibility index (Phi) is 1.88. The van der Waals surface area contributed by atoms with Crippen molar-refractivity contribution in [3.05, 3.63) is 36.6 Å². The van der Waals surface area contributed by atoms with Gasteiger partial charge in [-0.1, -0.05) is 6.08 Å². The summed E-state index contributed by atoms with van der Waals surface area (Å²) in [5.74, 6) is -2.14. The summed E-state index contributed by atoms with van der Waals surface area (Å²) in [6.45, 7) is 0. The normalized spacial score (nSPS) is 31.2. The molecule has 2 heterocycles. The molecule has 2 rings (SSSR count). The summed E-state index contributed by atoms with van der Waals surface area (Å²) >= 11 is 0. The molecule has 4 heteroatoms. The van der Waals surface area contributed by atoms with Crippen LogP contribution in [0, 0.1) is 5.92 Å². The van der Waals surface area contributed by atoms with Crippen molar-refractivity contribution in [2.75, 3.05) is 0 Å². The van der Waals surface area contributed by atoms with E-state index < -0.39 is 23.8 Å². The smallest absolute Gasteiger partial charge is 0.325 e. The highest BCUT2D eigenvalue weighted by atomic mass is 19.1. The fraction of sp³-hybridized carbons (Fsp3) is 0.222. The van der Waals surface area contributed by atoms with Gasteiger partial charge in [0.15, 0.2) is 11.7 Å². The Hall–Kier alpha value is -1.58. The van der Waals surface area contributed by atoms with Gasteiger partial charge in [0.05, 0.1) is 6.26 Å². The van der Waals surface area contributed by atoms with E-state index in [0.717, 1.165) is 6.26 Å². The molecule has 3 nitrogen and oxygen atoms in total. The maximum absolute atomic E-state index is 13.0. The van der Waals surface area contributed by atoms with E-state index in [9.17, 15) is 9.18 Å². The van der Waals surface area contributed by atoms with Crippen LogP contribution in [0.25, 0.3) is 0 Å². The molecule has 2 aliphatic heterocycles. The van der Waals surface area contributed by atoms with Gasteiger partial charge in [-0.2, -0.15) is 0 Å². The Labute approximate surface area is 74.1 Å². The predicted octanol–water partition coefficient (Wildman–Crippen LogP) is 1.44. The fourth-order valence-corrected chi connectivity index (χ4v) is 1.25. The molecule has 0 saturated carbocycles. The van der Waals surface area contributed by atoms with Crippen molar-refractivity contribution in [2.24, 2.45) is 5.92 Å². The first-order valence-corrected chi connectivity index (χ1v) is 3.84. The Bertz CT molecular complexity index is 317. The van der Waals surface area contributed by atoms with Crippen molar-refractivity contribution in [2.45, 2.75) is 6.10 Å². The minimum absolute atomic E-state index is 0.587. The number of cyclic esters (lactones) is 1. The Balaban J connectivity index is 2.16. The molecule has 0 aromatic heterocycles. The zero-order chi connectivity index (χ0) is 9.26. The highest BCUT2D eigenvalue weighted by Gasteiger charge is 2.38. The number of hydrogen-bond acceptors (Lipinski definition) is 3. The van der Waals surface area contributed by atoms with E-state index in [0.29, 0.717) is 0 Å². The molecule has 68 valence electrons. The SMILES string of the molecule is O=C1OC=C(F)C1C1C=CC=CO1. The number of rotatable bonds is 1. The first-order chi connectivity index (χ1) is 6.29. The van der Waals surface area contributed by atoms with Crippen LogP contribution in [0.2, 0.25) is 0 Å². The van der Waals surface area contributed by atoms with Crippen LogP contribution < -0.4 is 0 Å². The van der Waals surface area contributed by atoms with Crippen molar-refractivity contribution in [1.82, 2.24) is 0 Å². The zero-order valence-corrected chi connectivity index (χ0v) is 6.64. The van der Waals surface area contributed by atoms with E-state index >= 15 is 0 Å². The first kappa shape index (κ1) is 8.04. The molecule has 0 radical (unpaired) electrons. The van der Waals surface area contributed by atoms with Gasteiger partial charge in [0.25, 0.3) is 0 Å². The predicted molar refractivity (Wildman–Crippen MR) is 41.9 cm³/mol. The molecular weight excluding hydrogens is 175 g/mol. The van der Waals surface area contributed by atoms with Gasteiger partial charge in [-0.05, 0) is 12.2 Å². The first-order valence-electron chi connectivity index (χ1n) is 3.84. The van der Waals surface area contributed by atoms with Crippen LogP contribution >= 0.6 is 0 Å². The summed E-state index contributed by atoms with van der Waals surface area (Å²) in [5.41, 5.74) is 0. The standard InChI is InChI=1S/C9H7FO3/c10-6-5-13-9(11)8(6)7-3-1-2-4-12-7/h1-5,7-8H. The van der Waals surface area contributed by atoms with Gasteiger partial charge in [0.1, 0.15) is 12.4 Å². The van der Waals surface area contributed by atoms with Crippen molar-refractivity contribution >= 4 is 5.97 Å².